The Bertz CT molecular complexity index is 712. The van der Waals surface area contributed by atoms with Gasteiger partial charge in [0.2, 0.25) is 5.75 Å². The average Bonchev–Trinajstić information content (AvgIpc) is 2.44. The molecule has 0 radical (unpaired) electrons. The molecule has 0 atom stereocenters. The maximum absolute atomic E-state index is 13.9. The molecule has 0 aromatic heterocycles. The third kappa shape index (κ3) is 3.45. The van der Waals surface area contributed by atoms with Crippen LogP contribution in [0.25, 0.3) is 0 Å². The predicted octanol–water partition coefficient (Wildman–Crippen LogP) is 5.73. The molecule has 8 heteroatoms. The fraction of sp³-hybridized carbons (Fsp3) is 0.0769. The SMILES string of the molecule is O=[N+]([O-])c1cc(Cl)c(Cl)cc1Oc1c(F)cccc1CBr. The highest BCUT2D eigenvalue weighted by Crippen LogP contribution is 2.39. The zero-order valence-corrected chi connectivity index (χ0v) is 13.4. The molecule has 2 rings (SSSR count). The van der Waals surface area contributed by atoms with Gasteiger partial charge in [0.15, 0.2) is 11.6 Å². The number of rotatable bonds is 4. The lowest BCUT2D eigenvalue weighted by molar-refractivity contribution is -0.385. The second kappa shape index (κ2) is 6.60. The average molecular weight is 395 g/mol. The molecular weight excluding hydrogens is 388 g/mol. The van der Waals surface area contributed by atoms with Gasteiger partial charge in [-0.15, -0.1) is 0 Å². The van der Waals surface area contributed by atoms with Crippen LogP contribution in [-0.4, -0.2) is 4.92 Å². The van der Waals surface area contributed by atoms with E-state index >= 15 is 0 Å². The Hall–Kier alpha value is -1.37. The van der Waals surface area contributed by atoms with Gasteiger partial charge in [0, 0.05) is 23.0 Å². The van der Waals surface area contributed by atoms with Crippen LogP contribution < -0.4 is 4.74 Å². The number of alkyl halides is 1. The van der Waals surface area contributed by atoms with Crippen LogP contribution in [0.15, 0.2) is 30.3 Å². The van der Waals surface area contributed by atoms with Crippen molar-refractivity contribution in [2.24, 2.45) is 0 Å². The van der Waals surface area contributed by atoms with E-state index in [9.17, 15) is 14.5 Å². The molecule has 0 spiro atoms. The summed E-state index contributed by atoms with van der Waals surface area (Å²) in [5, 5.41) is 11.5. The highest BCUT2D eigenvalue weighted by atomic mass is 79.9. The molecule has 0 unspecified atom stereocenters. The quantitative estimate of drug-likeness (QED) is 0.378. The molecule has 0 N–H and O–H groups in total. The van der Waals surface area contributed by atoms with Crippen LogP contribution >= 0.6 is 39.1 Å². The molecule has 0 fully saturated rings. The minimum atomic E-state index is -0.674. The minimum absolute atomic E-state index is 0.0185. The summed E-state index contributed by atoms with van der Waals surface area (Å²) < 4.78 is 19.2. The normalized spacial score (nSPS) is 10.5. The zero-order chi connectivity index (χ0) is 15.6. The fourth-order valence-electron chi connectivity index (χ4n) is 1.63. The van der Waals surface area contributed by atoms with Gasteiger partial charge in [-0.2, -0.15) is 0 Å². The summed E-state index contributed by atoms with van der Waals surface area (Å²) in [6.07, 6.45) is 0. The number of nitro benzene ring substituents is 1. The number of benzene rings is 2. The summed E-state index contributed by atoms with van der Waals surface area (Å²) in [7, 11) is 0. The first kappa shape index (κ1) is 16.0. The predicted molar refractivity (Wildman–Crippen MR) is 82.2 cm³/mol. The second-order valence-corrected chi connectivity index (χ2v) is 5.33. The molecule has 4 nitrogen and oxygen atoms in total. The van der Waals surface area contributed by atoms with E-state index in [1.54, 1.807) is 6.07 Å². The van der Waals surface area contributed by atoms with E-state index in [2.05, 4.69) is 15.9 Å². The summed E-state index contributed by atoms with van der Waals surface area (Å²) in [6, 6.07) is 6.60. The van der Waals surface area contributed by atoms with Crippen molar-refractivity contribution >= 4 is 44.8 Å². The lowest BCUT2D eigenvalue weighted by Crippen LogP contribution is -1.97. The van der Waals surface area contributed by atoms with E-state index in [4.69, 9.17) is 27.9 Å². The van der Waals surface area contributed by atoms with Crippen molar-refractivity contribution in [3.63, 3.8) is 0 Å². The first-order valence-electron chi connectivity index (χ1n) is 5.58. The molecule has 0 heterocycles. The van der Waals surface area contributed by atoms with Crippen LogP contribution in [0.3, 0.4) is 0 Å². The van der Waals surface area contributed by atoms with Gasteiger partial charge in [0.1, 0.15) is 0 Å². The maximum Gasteiger partial charge on any atom is 0.313 e. The molecule has 110 valence electrons. The highest BCUT2D eigenvalue weighted by molar-refractivity contribution is 9.08. The van der Waals surface area contributed by atoms with Crippen molar-refractivity contribution in [1.29, 1.82) is 0 Å². The van der Waals surface area contributed by atoms with Crippen LogP contribution in [0.2, 0.25) is 10.0 Å². The molecule has 0 bridgehead atoms. The van der Waals surface area contributed by atoms with Crippen molar-refractivity contribution in [2.45, 2.75) is 5.33 Å². The standard InChI is InChI=1S/C13H7BrCl2FNO3/c14-6-7-2-1-3-10(17)13(7)21-12-5-9(16)8(15)4-11(12)18(19)20/h1-5H,6H2. The second-order valence-electron chi connectivity index (χ2n) is 3.95. The fourth-order valence-corrected chi connectivity index (χ4v) is 2.38. The number of para-hydroxylation sites is 1. The monoisotopic (exact) mass is 393 g/mol. The topological polar surface area (TPSA) is 52.4 Å². The zero-order valence-electron chi connectivity index (χ0n) is 10.3. The number of halogens is 4. The molecular formula is C13H7BrCl2FNO3. The molecule has 0 amide bonds. The third-order valence-electron chi connectivity index (χ3n) is 2.60. The number of hydrogen-bond donors (Lipinski definition) is 0. The van der Waals surface area contributed by atoms with Gasteiger partial charge in [0.25, 0.3) is 0 Å². The van der Waals surface area contributed by atoms with Crippen LogP contribution in [0.5, 0.6) is 11.5 Å². The Morgan fingerprint density at radius 2 is 1.95 bits per heavy atom. The maximum atomic E-state index is 13.9. The lowest BCUT2D eigenvalue weighted by atomic mass is 10.2. The van der Waals surface area contributed by atoms with E-state index < -0.39 is 16.4 Å². The first-order chi connectivity index (χ1) is 9.93. The summed E-state index contributed by atoms with van der Waals surface area (Å²) >= 11 is 14.8. The molecule has 0 aliphatic carbocycles. The summed E-state index contributed by atoms with van der Waals surface area (Å²) in [5.74, 6) is -0.912. The van der Waals surface area contributed by atoms with Gasteiger partial charge in [-0.05, 0) is 6.07 Å². The highest BCUT2D eigenvalue weighted by Gasteiger charge is 2.21. The van der Waals surface area contributed by atoms with Gasteiger partial charge in [-0.25, -0.2) is 4.39 Å². The molecule has 0 aliphatic rings. The Kier molecular flexibility index (Phi) is 5.03. The van der Waals surface area contributed by atoms with Gasteiger partial charge >= 0.3 is 5.69 Å². The number of nitrogens with zero attached hydrogens (tertiary/aromatic N) is 1. The van der Waals surface area contributed by atoms with Crippen molar-refractivity contribution in [2.75, 3.05) is 0 Å². The third-order valence-corrected chi connectivity index (χ3v) is 3.93. The molecule has 0 aliphatic heterocycles. The molecule has 2 aromatic carbocycles. The van der Waals surface area contributed by atoms with Crippen LogP contribution in [0.4, 0.5) is 10.1 Å². The van der Waals surface area contributed by atoms with Crippen LogP contribution in [-0.2, 0) is 5.33 Å². The Morgan fingerprint density at radius 3 is 2.57 bits per heavy atom. The van der Waals surface area contributed by atoms with E-state index in [1.165, 1.54) is 18.2 Å². The van der Waals surface area contributed by atoms with Crippen molar-refractivity contribution in [3.05, 3.63) is 61.9 Å². The minimum Gasteiger partial charge on any atom is -0.447 e. The summed E-state index contributed by atoms with van der Waals surface area (Å²) in [4.78, 5) is 10.4. The van der Waals surface area contributed by atoms with Gasteiger partial charge in [-0.3, -0.25) is 10.1 Å². The Labute approximate surface area is 137 Å². The molecule has 21 heavy (non-hydrogen) atoms. The largest absolute Gasteiger partial charge is 0.447 e. The van der Waals surface area contributed by atoms with Gasteiger partial charge < -0.3 is 4.74 Å². The van der Waals surface area contributed by atoms with Crippen molar-refractivity contribution in [1.82, 2.24) is 0 Å². The van der Waals surface area contributed by atoms with Crippen LogP contribution in [0.1, 0.15) is 5.56 Å². The van der Waals surface area contributed by atoms with Crippen LogP contribution in [0, 0.1) is 15.9 Å². The Morgan fingerprint density at radius 1 is 1.29 bits per heavy atom. The number of hydrogen-bond acceptors (Lipinski definition) is 3. The van der Waals surface area contributed by atoms with Crippen molar-refractivity contribution < 1.29 is 14.1 Å². The number of nitro groups is 1. The van der Waals surface area contributed by atoms with E-state index in [-0.39, 0.29) is 21.5 Å². The first-order valence-corrected chi connectivity index (χ1v) is 7.46. The van der Waals surface area contributed by atoms with Gasteiger partial charge in [0.05, 0.1) is 15.0 Å². The molecule has 0 saturated carbocycles. The number of ether oxygens (including phenoxy) is 1. The van der Waals surface area contributed by atoms with Crippen molar-refractivity contribution in [3.8, 4) is 11.5 Å². The smallest absolute Gasteiger partial charge is 0.313 e. The van der Waals surface area contributed by atoms with E-state index in [1.807, 2.05) is 0 Å². The summed E-state index contributed by atoms with van der Waals surface area (Å²) in [5.41, 5.74) is 0.114. The Balaban J connectivity index is 2.54. The van der Waals surface area contributed by atoms with E-state index in [0.717, 1.165) is 6.07 Å². The molecule has 0 saturated heterocycles. The lowest BCUT2D eigenvalue weighted by Gasteiger charge is -2.11. The van der Waals surface area contributed by atoms with E-state index in [0.29, 0.717) is 10.9 Å². The van der Waals surface area contributed by atoms with Gasteiger partial charge in [-0.1, -0.05) is 51.3 Å². The summed E-state index contributed by atoms with van der Waals surface area (Å²) in [6.45, 7) is 0. The molecule has 2 aromatic rings.